The number of carbonyl (C=O) groups is 1. The monoisotopic (exact) mass is 555 g/mol. The number of amides is 1. The molecular weight excluding hydrogens is 528 g/mol. The van der Waals surface area contributed by atoms with Crippen molar-refractivity contribution in [3.63, 3.8) is 0 Å². The Morgan fingerprint density at radius 2 is 1.94 bits per heavy atom. The maximum absolute atomic E-state index is 14.6. The second kappa shape index (κ2) is 12.2. The summed E-state index contributed by atoms with van der Waals surface area (Å²) in [5.41, 5.74) is 2.75. The highest BCUT2D eigenvalue weighted by atomic mass is 35.5. The average Bonchev–Trinajstić information content (AvgIpc) is 2.85. The highest BCUT2D eigenvalue weighted by Crippen LogP contribution is 2.30. The number of rotatable bonds is 6. The summed E-state index contributed by atoms with van der Waals surface area (Å²) in [5, 5.41) is 18.9. The van der Waals surface area contributed by atoms with E-state index in [1.807, 2.05) is 6.07 Å². The third-order valence-corrected chi connectivity index (χ3v) is 7.48. The number of nitrogens with one attached hydrogen (secondary N) is 3. The van der Waals surface area contributed by atoms with Crippen molar-refractivity contribution < 1.29 is 9.18 Å². The summed E-state index contributed by atoms with van der Waals surface area (Å²) >= 11 is 1.40. The van der Waals surface area contributed by atoms with Gasteiger partial charge in [0.2, 0.25) is 5.91 Å². The molecule has 1 saturated carbocycles. The Kier molecular flexibility index (Phi) is 9.51. The van der Waals surface area contributed by atoms with Crippen LogP contribution in [0.25, 0.3) is 11.0 Å². The number of carbonyl (C=O) groups excluding carboxylic acids is 1. The van der Waals surface area contributed by atoms with Crippen LogP contribution in [0.15, 0.2) is 34.2 Å². The van der Waals surface area contributed by atoms with E-state index in [4.69, 9.17) is 0 Å². The molecule has 0 spiro atoms. The first-order chi connectivity index (χ1) is 16.5. The van der Waals surface area contributed by atoms with E-state index in [9.17, 15) is 14.0 Å². The normalized spacial score (nSPS) is 19.0. The van der Waals surface area contributed by atoms with E-state index < -0.39 is 5.82 Å². The molecular formula is C23H28Cl2FN7O2S. The lowest BCUT2D eigenvalue weighted by Gasteiger charge is -2.29. The summed E-state index contributed by atoms with van der Waals surface area (Å²) in [4.78, 5) is 27.7. The fraction of sp³-hybridized carbons (Fsp3) is 0.435. The maximum atomic E-state index is 14.6. The highest BCUT2D eigenvalue weighted by Gasteiger charge is 2.23. The number of anilines is 2. The highest BCUT2D eigenvalue weighted by molar-refractivity contribution is 8.00. The minimum atomic E-state index is -0.454. The van der Waals surface area contributed by atoms with E-state index in [1.54, 1.807) is 13.1 Å². The molecule has 1 amide bonds. The summed E-state index contributed by atoms with van der Waals surface area (Å²) in [6, 6.07) is 5.32. The molecule has 5 rings (SSSR count). The van der Waals surface area contributed by atoms with Crippen LogP contribution in [0.2, 0.25) is 0 Å². The van der Waals surface area contributed by atoms with E-state index >= 15 is 0 Å². The summed E-state index contributed by atoms with van der Waals surface area (Å²) < 4.78 is 16.0. The quantitative estimate of drug-likeness (QED) is 0.423. The van der Waals surface area contributed by atoms with Gasteiger partial charge in [-0.2, -0.15) is 5.10 Å². The molecule has 3 aromatic rings. The minimum absolute atomic E-state index is 0. The Hall–Kier alpha value is -2.47. The van der Waals surface area contributed by atoms with Crippen molar-refractivity contribution in [2.75, 3.05) is 22.9 Å². The maximum Gasteiger partial charge on any atom is 0.250 e. The van der Waals surface area contributed by atoms with Crippen molar-refractivity contribution >= 4 is 64.9 Å². The summed E-state index contributed by atoms with van der Waals surface area (Å²) in [6.45, 7) is 1.23. The predicted octanol–water partition coefficient (Wildman–Crippen LogP) is 3.51. The van der Waals surface area contributed by atoms with E-state index in [0.29, 0.717) is 47.5 Å². The molecule has 13 heteroatoms. The van der Waals surface area contributed by atoms with Crippen molar-refractivity contribution in [2.45, 2.75) is 43.3 Å². The third-order valence-electron chi connectivity index (χ3n) is 6.50. The molecule has 9 nitrogen and oxygen atoms in total. The molecule has 4 heterocycles. The Bertz CT molecular complexity index is 1300. The molecule has 2 aliphatic rings. The van der Waals surface area contributed by atoms with Crippen LogP contribution in [0.5, 0.6) is 0 Å². The molecule has 0 unspecified atom stereocenters. The van der Waals surface area contributed by atoms with Gasteiger partial charge in [-0.1, -0.05) is 11.8 Å². The number of hydrogen-bond acceptors (Lipinski definition) is 8. The average molecular weight is 556 g/mol. The molecule has 0 saturated heterocycles. The Morgan fingerprint density at radius 1 is 1.17 bits per heavy atom. The lowest BCUT2D eigenvalue weighted by molar-refractivity contribution is -0.113. The van der Waals surface area contributed by atoms with Crippen LogP contribution in [0.4, 0.5) is 15.8 Å². The van der Waals surface area contributed by atoms with Gasteiger partial charge in [-0.25, -0.2) is 4.39 Å². The molecule has 1 aliphatic heterocycles. The number of halogens is 3. The zero-order valence-corrected chi connectivity index (χ0v) is 22.1. The Labute approximate surface area is 224 Å². The van der Waals surface area contributed by atoms with Crippen LogP contribution in [0.1, 0.15) is 31.4 Å². The smallest absolute Gasteiger partial charge is 0.250 e. The van der Waals surface area contributed by atoms with Gasteiger partial charge in [0.15, 0.2) is 5.82 Å². The van der Waals surface area contributed by atoms with E-state index in [-0.39, 0.29) is 36.3 Å². The predicted molar refractivity (Wildman–Crippen MR) is 144 cm³/mol. The largest absolute Gasteiger partial charge is 0.381 e. The third kappa shape index (κ3) is 6.08. The van der Waals surface area contributed by atoms with E-state index in [0.717, 1.165) is 42.1 Å². The number of thioether (sulfide) groups is 1. The molecule has 3 N–H and O–H groups in total. The van der Waals surface area contributed by atoms with Crippen LogP contribution in [0, 0.1) is 11.7 Å². The second-order valence-electron chi connectivity index (χ2n) is 8.82. The summed E-state index contributed by atoms with van der Waals surface area (Å²) in [5.74, 6) is 0.319. The van der Waals surface area contributed by atoms with E-state index in [2.05, 4.69) is 31.1 Å². The van der Waals surface area contributed by atoms with Crippen molar-refractivity contribution in [3.05, 3.63) is 46.3 Å². The van der Waals surface area contributed by atoms with Gasteiger partial charge in [-0.05, 0) is 43.7 Å². The molecule has 36 heavy (non-hydrogen) atoms. The first-order valence-electron chi connectivity index (χ1n) is 11.4. The lowest BCUT2D eigenvalue weighted by atomic mass is 9.86. The SMILES string of the molecule is Cl.Cl.Cn1c(=O)ccc2ncc(F)c(NCC3CCC(NCc4cc5c(nn4)SCC(=O)N5)CC3)c21. The first kappa shape index (κ1) is 28.1. The van der Waals surface area contributed by atoms with Gasteiger partial charge in [0.05, 0.1) is 40.1 Å². The fourth-order valence-corrected chi connectivity index (χ4v) is 5.29. The van der Waals surface area contributed by atoms with Gasteiger partial charge in [0.1, 0.15) is 5.03 Å². The number of aromatic nitrogens is 4. The number of pyridine rings is 2. The molecule has 1 aliphatic carbocycles. The van der Waals surface area contributed by atoms with Gasteiger partial charge >= 0.3 is 0 Å². The van der Waals surface area contributed by atoms with Gasteiger partial charge in [-0.15, -0.1) is 29.9 Å². The first-order valence-corrected chi connectivity index (χ1v) is 12.4. The second-order valence-corrected chi connectivity index (χ2v) is 9.78. The van der Waals surface area contributed by atoms with Crippen LogP contribution in [-0.2, 0) is 18.4 Å². The standard InChI is InChI=1S/C23H26FN7O2S.2ClH/c1-31-20(33)7-6-17-22(31)21(16(24)11-26-17)27-9-13-2-4-14(5-3-13)25-10-15-8-18-23(30-29-15)34-12-19(32)28-18;;/h6-8,11,13-14,25H,2-5,9-10,12H2,1H3,(H,26,27)(H,28,32);2*1H. The van der Waals surface area contributed by atoms with Gasteiger partial charge in [0, 0.05) is 32.2 Å². The van der Waals surface area contributed by atoms with E-state index in [1.165, 1.54) is 28.6 Å². The summed E-state index contributed by atoms with van der Waals surface area (Å²) in [7, 11) is 1.63. The van der Waals surface area contributed by atoms with Crippen LogP contribution in [-0.4, -0.2) is 44.0 Å². The Morgan fingerprint density at radius 3 is 2.72 bits per heavy atom. The summed E-state index contributed by atoms with van der Waals surface area (Å²) in [6.07, 6.45) is 5.24. The topological polar surface area (TPSA) is 114 Å². The number of fused-ring (bicyclic) bond motifs is 2. The number of nitrogens with zero attached hydrogens (tertiary/aromatic N) is 4. The molecule has 194 valence electrons. The molecule has 0 aromatic carbocycles. The van der Waals surface area contributed by atoms with Crippen LogP contribution < -0.4 is 21.5 Å². The molecule has 0 bridgehead atoms. The van der Waals surface area contributed by atoms with Crippen LogP contribution in [0.3, 0.4) is 0 Å². The zero-order valence-electron chi connectivity index (χ0n) is 19.6. The lowest BCUT2D eigenvalue weighted by Crippen LogP contribution is -2.34. The molecule has 0 radical (unpaired) electrons. The molecule has 0 atom stereocenters. The van der Waals surface area contributed by atoms with Crippen LogP contribution >= 0.6 is 36.6 Å². The van der Waals surface area contributed by atoms with Crippen molar-refractivity contribution in [1.82, 2.24) is 25.1 Å². The van der Waals surface area contributed by atoms with Crippen molar-refractivity contribution in [3.8, 4) is 0 Å². The van der Waals surface area contributed by atoms with Gasteiger partial charge in [0.25, 0.3) is 5.56 Å². The zero-order chi connectivity index (χ0) is 23.7. The van der Waals surface area contributed by atoms with Crippen molar-refractivity contribution in [2.24, 2.45) is 13.0 Å². The number of aryl methyl sites for hydroxylation is 1. The Balaban J connectivity index is 0.00000180. The molecule has 1 fully saturated rings. The fourth-order valence-electron chi connectivity index (χ4n) is 4.58. The number of hydrogen-bond donors (Lipinski definition) is 3. The van der Waals surface area contributed by atoms with Gasteiger partial charge < -0.3 is 20.5 Å². The molecule has 3 aromatic heterocycles. The minimum Gasteiger partial charge on any atom is -0.381 e. The van der Waals surface area contributed by atoms with Gasteiger partial charge in [-0.3, -0.25) is 14.6 Å². The van der Waals surface area contributed by atoms with Crippen molar-refractivity contribution in [1.29, 1.82) is 0 Å².